The lowest BCUT2D eigenvalue weighted by Gasteiger charge is -2.20. The van der Waals surface area contributed by atoms with Crippen molar-refractivity contribution >= 4 is 17.3 Å². The highest BCUT2D eigenvalue weighted by Crippen LogP contribution is 2.22. The van der Waals surface area contributed by atoms with E-state index in [1.54, 1.807) is 6.07 Å². The smallest absolute Gasteiger partial charge is 0.238 e. The minimum atomic E-state index is -0.0495. The number of hydrogen-bond donors (Lipinski definition) is 2. The molecule has 0 bridgehead atoms. The molecule has 1 aliphatic heterocycles. The summed E-state index contributed by atoms with van der Waals surface area (Å²) >= 11 is 0. The summed E-state index contributed by atoms with van der Waals surface area (Å²) in [6.07, 6.45) is 2.46. The van der Waals surface area contributed by atoms with Crippen LogP contribution in [0.3, 0.4) is 0 Å². The maximum absolute atomic E-state index is 12.1. The third kappa shape index (κ3) is 3.95. The quantitative estimate of drug-likeness (QED) is 0.803. The molecule has 0 aliphatic carbocycles. The molecule has 1 aromatic carbocycles. The summed E-state index contributed by atoms with van der Waals surface area (Å²) in [5, 5.41) is 2.89. The lowest BCUT2D eigenvalue weighted by molar-refractivity contribution is -0.117. The van der Waals surface area contributed by atoms with Crippen LogP contribution in [0.15, 0.2) is 18.2 Å². The van der Waals surface area contributed by atoms with Gasteiger partial charge >= 0.3 is 0 Å². The van der Waals surface area contributed by atoms with Crippen LogP contribution in [0.2, 0.25) is 0 Å². The fourth-order valence-corrected chi connectivity index (χ4v) is 2.49. The number of amides is 1. The van der Waals surface area contributed by atoms with Crippen LogP contribution >= 0.6 is 0 Å². The van der Waals surface area contributed by atoms with Crippen LogP contribution in [0.1, 0.15) is 18.4 Å². The Balaban J connectivity index is 1.85. The van der Waals surface area contributed by atoms with Crippen molar-refractivity contribution in [1.82, 2.24) is 4.90 Å². The first kappa shape index (κ1) is 14.8. The zero-order valence-corrected chi connectivity index (χ0v) is 12.2. The molecule has 0 aromatic heterocycles. The standard InChI is InChI=1S/C15H23N3O2/c1-11-5-3-7-13(16)15(11)17-14(19)10-18(2)9-12-6-4-8-20-12/h3,5,7,12H,4,6,8-10,16H2,1-2H3,(H,17,19). The van der Waals surface area contributed by atoms with Gasteiger partial charge in [-0.1, -0.05) is 12.1 Å². The molecule has 1 amide bonds. The molecule has 2 rings (SSSR count). The van der Waals surface area contributed by atoms with E-state index < -0.39 is 0 Å². The third-order valence-corrected chi connectivity index (χ3v) is 3.52. The van der Waals surface area contributed by atoms with E-state index in [0.29, 0.717) is 17.9 Å². The number of rotatable bonds is 5. The van der Waals surface area contributed by atoms with E-state index in [1.807, 2.05) is 31.0 Å². The number of hydrogen-bond acceptors (Lipinski definition) is 4. The largest absolute Gasteiger partial charge is 0.397 e. The van der Waals surface area contributed by atoms with Crippen LogP contribution in [0.4, 0.5) is 11.4 Å². The first-order valence-corrected chi connectivity index (χ1v) is 7.01. The van der Waals surface area contributed by atoms with E-state index in [-0.39, 0.29) is 12.0 Å². The number of para-hydroxylation sites is 1. The topological polar surface area (TPSA) is 67.6 Å². The number of anilines is 2. The van der Waals surface area contributed by atoms with Crippen molar-refractivity contribution in [2.75, 3.05) is 37.8 Å². The second kappa shape index (κ2) is 6.72. The Morgan fingerprint density at radius 1 is 1.55 bits per heavy atom. The van der Waals surface area contributed by atoms with Gasteiger partial charge in [0, 0.05) is 13.2 Å². The van der Waals surface area contributed by atoms with Gasteiger partial charge in [-0.3, -0.25) is 9.69 Å². The highest BCUT2D eigenvalue weighted by atomic mass is 16.5. The van der Waals surface area contributed by atoms with Crippen molar-refractivity contribution in [3.63, 3.8) is 0 Å². The molecule has 1 atom stereocenters. The number of nitrogens with zero attached hydrogens (tertiary/aromatic N) is 1. The zero-order valence-electron chi connectivity index (χ0n) is 12.2. The molecule has 1 aromatic rings. The number of carbonyl (C=O) groups is 1. The molecule has 0 spiro atoms. The van der Waals surface area contributed by atoms with Crippen molar-refractivity contribution in [2.24, 2.45) is 0 Å². The molecule has 1 heterocycles. The third-order valence-electron chi connectivity index (χ3n) is 3.52. The van der Waals surface area contributed by atoms with Gasteiger partial charge < -0.3 is 15.8 Å². The molecular weight excluding hydrogens is 254 g/mol. The van der Waals surface area contributed by atoms with Crippen LogP contribution < -0.4 is 11.1 Å². The second-order valence-corrected chi connectivity index (χ2v) is 5.42. The monoisotopic (exact) mass is 277 g/mol. The molecule has 1 unspecified atom stereocenters. The molecule has 5 nitrogen and oxygen atoms in total. The van der Waals surface area contributed by atoms with E-state index in [0.717, 1.165) is 31.6 Å². The Morgan fingerprint density at radius 2 is 2.35 bits per heavy atom. The predicted octanol–water partition coefficient (Wildman–Crippen LogP) is 1.63. The number of nitrogen functional groups attached to an aromatic ring is 1. The normalized spacial score (nSPS) is 18.4. The van der Waals surface area contributed by atoms with Gasteiger partial charge in [-0.15, -0.1) is 0 Å². The van der Waals surface area contributed by atoms with E-state index in [9.17, 15) is 4.79 Å². The van der Waals surface area contributed by atoms with Gasteiger partial charge in [0.05, 0.1) is 24.0 Å². The van der Waals surface area contributed by atoms with Gasteiger partial charge in [-0.25, -0.2) is 0 Å². The Kier molecular flexibility index (Phi) is 4.98. The fourth-order valence-electron chi connectivity index (χ4n) is 2.49. The summed E-state index contributed by atoms with van der Waals surface area (Å²) in [4.78, 5) is 14.0. The van der Waals surface area contributed by atoms with Crippen molar-refractivity contribution in [3.8, 4) is 0 Å². The number of likely N-dealkylation sites (N-methyl/N-ethyl adjacent to an activating group) is 1. The number of nitrogens with two attached hydrogens (primary N) is 1. The molecule has 1 aliphatic rings. The van der Waals surface area contributed by atoms with Crippen LogP contribution in [0.5, 0.6) is 0 Å². The molecule has 0 saturated carbocycles. The summed E-state index contributed by atoms with van der Waals surface area (Å²) in [6.45, 7) is 3.90. The van der Waals surface area contributed by atoms with Crippen molar-refractivity contribution < 1.29 is 9.53 Å². The van der Waals surface area contributed by atoms with Crippen molar-refractivity contribution in [1.29, 1.82) is 0 Å². The Labute approximate surface area is 120 Å². The average Bonchev–Trinajstić information content (AvgIpc) is 2.86. The van der Waals surface area contributed by atoms with Crippen LogP contribution in [0, 0.1) is 6.92 Å². The first-order valence-electron chi connectivity index (χ1n) is 7.01. The SMILES string of the molecule is Cc1cccc(N)c1NC(=O)CN(C)CC1CCCO1. The number of benzene rings is 1. The number of ether oxygens (including phenoxy) is 1. The maximum atomic E-state index is 12.1. The number of aryl methyl sites for hydroxylation is 1. The molecule has 1 saturated heterocycles. The van der Waals surface area contributed by atoms with Gasteiger partial charge in [-0.05, 0) is 38.4 Å². The summed E-state index contributed by atoms with van der Waals surface area (Å²) in [5.74, 6) is -0.0495. The maximum Gasteiger partial charge on any atom is 0.238 e. The predicted molar refractivity (Wildman–Crippen MR) is 80.7 cm³/mol. The lowest BCUT2D eigenvalue weighted by Crippen LogP contribution is -2.35. The number of carbonyl (C=O) groups excluding carboxylic acids is 1. The molecular formula is C15H23N3O2. The highest BCUT2D eigenvalue weighted by Gasteiger charge is 2.18. The molecule has 5 heteroatoms. The summed E-state index contributed by atoms with van der Waals surface area (Å²) in [6, 6.07) is 5.60. The molecule has 110 valence electrons. The fraction of sp³-hybridized carbons (Fsp3) is 0.533. The Hall–Kier alpha value is -1.59. The molecule has 3 N–H and O–H groups in total. The molecule has 20 heavy (non-hydrogen) atoms. The van der Waals surface area contributed by atoms with E-state index in [4.69, 9.17) is 10.5 Å². The van der Waals surface area contributed by atoms with Crippen molar-refractivity contribution in [3.05, 3.63) is 23.8 Å². The zero-order chi connectivity index (χ0) is 14.5. The first-order chi connectivity index (χ1) is 9.56. The highest BCUT2D eigenvalue weighted by molar-refractivity contribution is 5.96. The van der Waals surface area contributed by atoms with Crippen LogP contribution in [0.25, 0.3) is 0 Å². The summed E-state index contributed by atoms with van der Waals surface area (Å²) in [5.41, 5.74) is 8.17. The van der Waals surface area contributed by atoms with Gasteiger partial charge in [-0.2, -0.15) is 0 Å². The Bertz CT molecular complexity index is 450. The van der Waals surface area contributed by atoms with Gasteiger partial charge in [0.25, 0.3) is 0 Å². The minimum absolute atomic E-state index is 0.0495. The van der Waals surface area contributed by atoms with Crippen LogP contribution in [-0.2, 0) is 9.53 Å². The van der Waals surface area contributed by atoms with Gasteiger partial charge in [0.1, 0.15) is 0 Å². The van der Waals surface area contributed by atoms with Crippen molar-refractivity contribution in [2.45, 2.75) is 25.9 Å². The second-order valence-electron chi connectivity index (χ2n) is 5.42. The minimum Gasteiger partial charge on any atom is -0.397 e. The van der Waals surface area contributed by atoms with E-state index in [2.05, 4.69) is 5.32 Å². The van der Waals surface area contributed by atoms with Gasteiger partial charge in [0.15, 0.2) is 0 Å². The Morgan fingerprint density at radius 3 is 3.00 bits per heavy atom. The molecule has 1 fully saturated rings. The molecule has 0 radical (unpaired) electrons. The average molecular weight is 277 g/mol. The number of nitrogens with one attached hydrogen (secondary N) is 1. The van der Waals surface area contributed by atoms with E-state index >= 15 is 0 Å². The van der Waals surface area contributed by atoms with E-state index in [1.165, 1.54) is 0 Å². The summed E-state index contributed by atoms with van der Waals surface area (Å²) < 4.78 is 5.57. The lowest BCUT2D eigenvalue weighted by atomic mass is 10.1. The summed E-state index contributed by atoms with van der Waals surface area (Å²) in [7, 11) is 1.93. The van der Waals surface area contributed by atoms with Crippen LogP contribution in [-0.4, -0.2) is 43.7 Å². The van der Waals surface area contributed by atoms with Gasteiger partial charge in [0.2, 0.25) is 5.91 Å².